The van der Waals surface area contributed by atoms with Crippen molar-refractivity contribution >= 4 is 40.5 Å². The van der Waals surface area contributed by atoms with E-state index in [2.05, 4.69) is 10.6 Å². The second-order valence-corrected chi connectivity index (χ2v) is 5.32. The van der Waals surface area contributed by atoms with E-state index >= 15 is 0 Å². The van der Waals surface area contributed by atoms with E-state index in [4.69, 9.17) is 23.2 Å². The molecule has 0 aromatic heterocycles. The predicted octanol–water partition coefficient (Wildman–Crippen LogP) is 4.61. The molecule has 0 aliphatic rings. The molecule has 0 saturated carbocycles. The molecular weight excluding hydrogens is 307 g/mol. The summed E-state index contributed by atoms with van der Waals surface area (Å²) < 4.78 is 0. The Hall–Kier alpha value is -1.71. The third-order valence-corrected chi connectivity index (χ3v) is 3.69. The second-order valence-electron chi connectivity index (χ2n) is 4.51. The van der Waals surface area contributed by atoms with Crippen molar-refractivity contribution in [2.45, 2.75) is 13.3 Å². The Morgan fingerprint density at radius 2 is 1.71 bits per heavy atom. The third kappa shape index (κ3) is 4.13. The Bertz CT molecular complexity index is 624. The quantitative estimate of drug-likeness (QED) is 0.844. The van der Waals surface area contributed by atoms with Crippen LogP contribution in [0, 0.1) is 0 Å². The molecule has 21 heavy (non-hydrogen) atoms. The molecule has 0 heterocycles. The van der Waals surface area contributed by atoms with Gasteiger partial charge in [0.05, 0.1) is 22.3 Å². The second kappa shape index (κ2) is 7.34. The molecule has 5 heteroatoms. The summed E-state index contributed by atoms with van der Waals surface area (Å²) in [6, 6.07) is 12.9. The molecule has 2 N–H and O–H groups in total. The SMILES string of the molecule is CCc1ccccc1NC(=O)CNc1c(Cl)cccc1Cl. The maximum Gasteiger partial charge on any atom is 0.243 e. The van der Waals surface area contributed by atoms with Crippen LogP contribution in [0.1, 0.15) is 12.5 Å². The zero-order chi connectivity index (χ0) is 15.2. The molecule has 0 radical (unpaired) electrons. The van der Waals surface area contributed by atoms with Crippen molar-refractivity contribution in [1.82, 2.24) is 0 Å². The highest BCUT2D eigenvalue weighted by molar-refractivity contribution is 6.39. The van der Waals surface area contributed by atoms with Crippen LogP contribution in [0.2, 0.25) is 10.0 Å². The van der Waals surface area contributed by atoms with Crippen LogP contribution in [0.15, 0.2) is 42.5 Å². The lowest BCUT2D eigenvalue weighted by Crippen LogP contribution is -2.22. The van der Waals surface area contributed by atoms with E-state index in [-0.39, 0.29) is 12.5 Å². The summed E-state index contributed by atoms with van der Waals surface area (Å²) in [5.74, 6) is -0.146. The Morgan fingerprint density at radius 1 is 1.05 bits per heavy atom. The molecular formula is C16H16Cl2N2O. The van der Waals surface area contributed by atoms with Crippen molar-refractivity contribution in [3.63, 3.8) is 0 Å². The summed E-state index contributed by atoms with van der Waals surface area (Å²) in [4.78, 5) is 12.0. The summed E-state index contributed by atoms with van der Waals surface area (Å²) >= 11 is 12.1. The van der Waals surface area contributed by atoms with E-state index in [1.807, 2.05) is 31.2 Å². The first-order valence-corrected chi connectivity index (χ1v) is 7.43. The van der Waals surface area contributed by atoms with Gasteiger partial charge in [-0.15, -0.1) is 0 Å². The first-order valence-electron chi connectivity index (χ1n) is 6.67. The number of nitrogens with one attached hydrogen (secondary N) is 2. The zero-order valence-electron chi connectivity index (χ0n) is 11.6. The van der Waals surface area contributed by atoms with Crippen LogP contribution < -0.4 is 10.6 Å². The Labute approximate surface area is 134 Å². The Balaban J connectivity index is 1.99. The number of rotatable bonds is 5. The van der Waals surface area contributed by atoms with E-state index in [9.17, 15) is 4.79 Å². The molecule has 0 saturated heterocycles. The van der Waals surface area contributed by atoms with Crippen molar-refractivity contribution in [3.05, 3.63) is 58.1 Å². The van der Waals surface area contributed by atoms with Crippen LogP contribution in [-0.2, 0) is 11.2 Å². The fraction of sp³-hybridized carbons (Fsp3) is 0.188. The highest BCUT2D eigenvalue weighted by Gasteiger charge is 2.09. The highest BCUT2D eigenvalue weighted by Crippen LogP contribution is 2.29. The van der Waals surface area contributed by atoms with Crippen molar-refractivity contribution in [2.24, 2.45) is 0 Å². The van der Waals surface area contributed by atoms with E-state index in [0.717, 1.165) is 17.7 Å². The van der Waals surface area contributed by atoms with E-state index in [1.54, 1.807) is 18.2 Å². The molecule has 2 rings (SSSR count). The Kier molecular flexibility index (Phi) is 5.48. The van der Waals surface area contributed by atoms with Crippen molar-refractivity contribution in [3.8, 4) is 0 Å². The lowest BCUT2D eigenvalue weighted by atomic mass is 10.1. The monoisotopic (exact) mass is 322 g/mol. The van der Waals surface area contributed by atoms with Gasteiger partial charge in [0.25, 0.3) is 0 Å². The maximum atomic E-state index is 12.0. The van der Waals surface area contributed by atoms with Gasteiger partial charge in [-0.3, -0.25) is 4.79 Å². The molecule has 2 aromatic carbocycles. The molecule has 0 aliphatic carbocycles. The van der Waals surface area contributed by atoms with Gasteiger partial charge >= 0.3 is 0 Å². The fourth-order valence-electron chi connectivity index (χ4n) is 1.98. The average molecular weight is 323 g/mol. The van der Waals surface area contributed by atoms with Crippen LogP contribution in [0.25, 0.3) is 0 Å². The third-order valence-electron chi connectivity index (χ3n) is 3.06. The van der Waals surface area contributed by atoms with Gasteiger partial charge in [-0.05, 0) is 30.2 Å². The number of amides is 1. The van der Waals surface area contributed by atoms with Gasteiger partial charge in [-0.2, -0.15) is 0 Å². The van der Waals surface area contributed by atoms with Crippen LogP contribution in [0.3, 0.4) is 0 Å². The molecule has 0 aliphatic heterocycles. The Morgan fingerprint density at radius 3 is 2.38 bits per heavy atom. The van der Waals surface area contributed by atoms with Crippen LogP contribution in [0.4, 0.5) is 11.4 Å². The summed E-state index contributed by atoms with van der Waals surface area (Å²) in [7, 11) is 0. The van der Waals surface area contributed by atoms with Crippen LogP contribution in [-0.4, -0.2) is 12.5 Å². The topological polar surface area (TPSA) is 41.1 Å². The molecule has 0 atom stereocenters. The lowest BCUT2D eigenvalue weighted by Gasteiger charge is -2.12. The molecule has 0 unspecified atom stereocenters. The first kappa shape index (κ1) is 15.7. The standard InChI is InChI=1S/C16H16Cl2N2O/c1-2-11-6-3-4-9-14(11)20-15(21)10-19-16-12(17)7-5-8-13(16)18/h3-9,19H,2,10H2,1H3,(H,20,21). The van der Waals surface area contributed by atoms with Crippen molar-refractivity contribution < 1.29 is 4.79 Å². The van der Waals surface area contributed by atoms with Gasteiger partial charge in [-0.25, -0.2) is 0 Å². The fourth-order valence-corrected chi connectivity index (χ4v) is 2.51. The van der Waals surface area contributed by atoms with Gasteiger partial charge in [0.2, 0.25) is 5.91 Å². The molecule has 0 spiro atoms. The van der Waals surface area contributed by atoms with Gasteiger partial charge < -0.3 is 10.6 Å². The number of para-hydroxylation sites is 2. The predicted molar refractivity (Wildman–Crippen MR) is 89.4 cm³/mol. The van der Waals surface area contributed by atoms with Gasteiger partial charge in [0.1, 0.15) is 0 Å². The normalized spacial score (nSPS) is 10.2. The number of carbonyl (C=O) groups is 1. The number of aryl methyl sites for hydroxylation is 1. The van der Waals surface area contributed by atoms with Crippen LogP contribution >= 0.6 is 23.2 Å². The number of carbonyl (C=O) groups excluding carboxylic acids is 1. The summed E-state index contributed by atoms with van der Waals surface area (Å²) in [6.45, 7) is 2.15. The van der Waals surface area contributed by atoms with Gasteiger partial charge in [-0.1, -0.05) is 54.4 Å². The minimum Gasteiger partial charge on any atom is -0.374 e. The number of hydrogen-bond donors (Lipinski definition) is 2. The minimum atomic E-state index is -0.146. The number of hydrogen-bond acceptors (Lipinski definition) is 2. The van der Waals surface area contributed by atoms with E-state index < -0.39 is 0 Å². The number of halogens is 2. The molecule has 2 aromatic rings. The van der Waals surface area contributed by atoms with E-state index in [1.165, 1.54) is 0 Å². The van der Waals surface area contributed by atoms with Crippen LogP contribution in [0.5, 0.6) is 0 Å². The summed E-state index contributed by atoms with van der Waals surface area (Å²) in [6.07, 6.45) is 0.861. The first-order chi connectivity index (χ1) is 10.1. The maximum absolute atomic E-state index is 12.0. The highest BCUT2D eigenvalue weighted by atomic mass is 35.5. The van der Waals surface area contributed by atoms with Crippen molar-refractivity contribution in [1.29, 1.82) is 0 Å². The minimum absolute atomic E-state index is 0.0987. The molecule has 1 amide bonds. The molecule has 110 valence electrons. The smallest absolute Gasteiger partial charge is 0.243 e. The molecule has 3 nitrogen and oxygen atoms in total. The van der Waals surface area contributed by atoms with Crippen molar-refractivity contribution in [2.75, 3.05) is 17.2 Å². The molecule has 0 bridgehead atoms. The number of anilines is 2. The lowest BCUT2D eigenvalue weighted by molar-refractivity contribution is -0.114. The number of benzene rings is 2. The van der Waals surface area contributed by atoms with Gasteiger partial charge in [0.15, 0.2) is 0 Å². The van der Waals surface area contributed by atoms with Gasteiger partial charge in [0, 0.05) is 5.69 Å². The average Bonchev–Trinajstić information content (AvgIpc) is 2.47. The summed E-state index contributed by atoms with van der Waals surface area (Å²) in [5, 5.41) is 6.83. The molecule has 0 fully saturated rings. The summed E-state index contributed by atoms with van der Waals surface area (Å²) in [5.41, 5.74) is 2.50. The van der Waals surface area contributed by atoms with E-state index in [0.29, 0.717) is 15.7 Å². The largest absolute Gasteiger partial charge is 0.374 e. The zero-order valence-corrected chi connectivity index (χ0v) is 13.1.